The van der Waals surface area contributed by atoms with E-state index in [2.05, 4.69) is 28.9 Å². The molecule has 0 radical (unpaired) electrons. The van der Waals surface area contributed by atoms with Gasteiger partial charge in [-0.1, -0.05) is 41.1 Å². The molecule has 1 fully saturated rings. The van der Waals surface area contributed by atoms with E-state index in [1.165, 1.54) is 6.42 Å². The number of hydrogen-bond donors (Lipinski definition) is 0. The van der Waals surface area contributed by atoms with E-state index in [0.29, 0.717) is 5.92 Å². The standard InChI is InChI=1S/C15H20BrNO/c1-2-13-7-3-4-8-14(13)15(18)17-9-5-6-12(10-16)11-17/h3-4,7-8,12H,2,5-6,9-11H2,1H3. The number of alkyl halides is 1. The van der Waals surface area contributed by atoms with Crippen molar-refractivity contribution in [2.45, 2.75) is 26.2 Å². The first-order valence-corrected chi connectivity index (χ1v) is 7.81. The largest absolute Gasteiger partial charge is 0.338 e. The molecule has 1 unspecified atom stereocenters. The van der Waals surface area contributed by atoms with Gasteiger partial charge in [0.1, 0.15) is 0 Å². The molecular weight excluding hydrogens is 290 g/mol. The Morgan fingerprint density at radius 1 is 1.44 bits per heavy atom. The number of nitrogens with zero attached hydrogens (tertiary/aromatic N) is 1. The minimum atomic E-state index is 0.207. The normalized spacial score (nSPS) is 19.9. The Kier molecular flexibility index (Phi) is 4.81. The van der Waals surface area contributed by atoms with Crippen molar-refractivity contribution in [3.63, 3.8) is 0 Å². The second-order valence-electron chi connectivity index (χ2n) is 4.92. The summed E-state index contributed by atoms with van der Waals surface area (Å²) < 4.78 is 0. The monoisotopic (exact) mass is 309 g/mol. The van der Waals surface area contributed by atoms with Gasteiger partial charge < -0.3 is 4.90 Å². The minimum Gasteiger partial charge on any atom is -0.338 e. The summed E-state index contributed by atoms with van der Waals surface area (Å²) in [6.07, 6.45) is 3.26. The summed E-state index contributed by atoms with van der Waals surface area (Å²) in [6.45, 7) is 3.89. The number of likely N-dealkylation sites (tertiary alicyclic amines) is 1. The lowest BCUT2D eigenvalue weighted by atomic mass is 9.98. The highest BCUT2D eigenvalue weighted by atomic mass is 79.9. The molecule has 0 aromatic heterocycles. The average Bonchev–Trinajstić information content (AvgIpc) is 2.46. The maximum Gasteiger partial charge on any atom is 0.254 e. The Morgan fingerprint density at radius 3 is 2.94 bits per heavy atom. The molecule has 3 heteroatoms. The van der Waals surface area contributed by atoms with Gasteiger partial charge >= 0.3 is 0 Å². The number of carbonyl (C=O) groups excluding carboxylic acids is 1. The van der Waals surface area contributed by atoms with Crippen LogP contribution in [0, 0.1) is 5.92 Å². The summed E-state index contributed by atoms with van der Waals surface area (Å²) in [5, 5.41) is 0.992. The maximum absolute atomic E-state index is 12.6. The molecule has 2 nitrogen and oxygen atoms in total. The van der Waals surface area contributed by atoms with Crippen molar-refractivity contribution >= 4 is 21.8 Å². The quantitative estimate of drug-likeness (QED) is 0.783. The summed E-state index contributed by atoms with van der Waals surface area (Å²) in [7, 11) is 0. The molecule has 18 heavy (non-hydrogen) atoms. The number of amides is 1. The van der Waals surface area contributed by atoms with E-state index >= 15 is 0 Å². The Morgan fingerprint density at radius 2 is 2.22 bits per heavy atom. The number of halogens is 1. The van der Waals surface area contributed by atoms with Crippen LogP contribution in [0.4, 0.5) is 0 Å². The Bertz CT molecular complexity index is 419. The summed E-state index contributed by atoms with van der Waals surface area (Å²) in [6, 6.07) is 7.98. The molecule has 0 aliphatic carbocycles. The molecule has 1 saturated heterocycles. The number of hydrogen-bond acceptors (Lipinski definition) is 1. The van der Waals surface area contributed by atoms with Crippen molar-refractivity contribution in [3.05, 3.63) is 35.4 Å². The van der Waals surface area contributed by atoms with Crippen LogP contribution in [-0.2, 0) is 6.42 Å². The first-order valence-electron chi connectivity index (χ1n) is 6.69. The van der Waals surface area contributed by atoms with E-state index in [4.69, 9.17) is 0 Å². The van der Waals surface area contributed by atoms with E-state index in [9.17, 15) is 4.79 Å². The van der Waals surface area contributed by atoms with Crippen LogP contribution < -0.4 is 0 Å². The summed E-state index contributed by atoms with van der Waals surface area (Å²) in [4.78, 5) is 14.6. The molecule has 1 atom stereocenters. The van der Waals surface area contributed by atoms with Crippen molar-refractivity contribution in [3.8, 4) is 0 Å². The number of piperidine rings is 1. The topological polar surface area (TPSA) is 20.3 Å². The van der Waals surface area contributed by atoms with Crippen molar-refractivity contribution in [2.24, 2.45) is 5.92 Å². The number of rotatable bonds is 3. The maximum atomic E-state index is 12.6. The van der Waals surface area contributed by atoms with E-state index in [1.807, 2.05) is 23.1 Å². The molecule has 0 spiro atoms. The van der Waals surface area contributed by atoms with Crippen LogP contribution in [0.15, 0.2) is 24.3 Å². The van der Waals surface area contributed by atoms with Gasteiger partial charge in [0.2, 0.25) is 0 Å². The minimum absolute atomic E-state index is 0.207. The third-order valence-electron chi connectivity index (χ3n) is 3.65. The van der Waals surface area contributed by atoms with Gasteiger partial charge in [0, 0.05) is 24.0 Å². The fourth-order valence-corrected chi connectivity index (χ4v) is 3.11. The van der Waals surface area contributed by atoms with E-state index in [-0.39, 0.29) is 5.91 Å². The first-order chi connectivity index (χ1) is 8.76. The molecule has 1 aromatic rings. The third kappa shape index (κ3) is 2.94. The second kappa shape index (κ2) is 6.37. The van der Waals surface area contributed by atoms with Gasteiger partial charge in [-0.15, -0.1) is 0 Å². The van der Waals surface area contributed by atoms with Gasteiger partial charge in [0.25, 0.3) is 5.91 Å². The van der Waals surface area contributed by atoms with Crippen molar-refractivity contribution in [2.75, 3.05) is 18.4 Å². The van der Waals surface area contributed by atoms with Gasteiger partial charge in [-0.2, -0.15) is 0 Å². The SMILES string of the molecule is CCc1ccccc1C(=O)N1CCCC(CBr)C1. The molecule has 2 rings (SSSR count). The van der Waals surface area contributed by atoms with Crippen molar-refractivity contribution < 1.29 is 4.79 Å². The van der Waals surface area contributed by atoms with Crippen LogP contribution in [-0.4, -0.2) is 29.2 Å². The van der Waals surface area contributed by atoms with Crippen LogP contribution in [0.3, 0.4) is 0 Å². The highest BCUT2D eigenvalue weighted by Crippen LogP contribution is 2.21. The zero-order chi connectivity index (χ0) is 13.0. The number of aryl methyl sites for hydroxylation is 1. The van der Waals surface area contributed by atoms with Crippen LogP contribution >= 0.6 is 15.9 Å². The molecule has 1 aliphatic rings. The predicted octanol–water partition coefficient (Wildman–Crippen LogP) is 3.50. The van der Waals surface area contributed by atoms with Gasteiger partial charge in [0.15, 0.2) is 0 Å². The van der Waals surface area contributed by atoms with Crippen LogP contribution in [0.25, 0.3) is 0 Å². The molecule has 1 aliphatic heterocycles. The lowest BCUT2D eigenvalue weighted by Crippen LogP contribution is -2.40. The van der Waals surface area contributed by atoms with E-state index in [1.54, 1.807) is 0 Å². The third-order valence-corrected chi connectivity index (χ3v) is 4.57. The summed E-state index contributed by atoms with van der Waals surface area (Å²) in [5.74, 6) is 0.814. The highest BCUT2D eigenvalue weighted by Gasteiger charge is 2.24. The van der Waals surface area contributed by atoms with E-state index in [0.717, 1.165) is 42.4 Å². The average molecular weight is 310 g/mol. The summed E-state index contributed by atoms with van der Waals surface area (Å²) >= 11 is 3.53. The fourth-order valence-electron chi connectivity index (χ4n) is 2.58. The lowest BCUT2D eigenvalue weighted by molar-refractivity contribution is 0.0685. The Balaban J connectivity index is 2.15. The molecule has 0 saturated carbocycles. The number of carbonyl (C=O) groups is 1. The Hall–Kier alpha value is -0.830. The van der Waals surface area contributed by atoms with Gasteiger partial charge in [-0.3, -0.25) is 4.79 Å². The zero-order valence-corrected chi connectivity index (χ0v) is 12.4. The van der Waals surface area contributed by atoms with Crippen molar-refractivity contribution in [1.29, 1.82) is 0 Å². The van der Waals surface area contributed by atoms with Crippen molar-refractivity contribution in [1.82, 2.24) is 4.90 Å². The second-order valence-corrected chi connectivity index (χ2v) is 5.57. The van der Waals surface area contributed by atoms with Crippen LogP contribution in [0.2, 0.25) is 0 Å². The number of benzene rings is 1. The van der Waals surface area contributed by atoms with E-state index < -0.39 is 0 Å². The molecule has 1 amide bonds. The highest BCUT2D eigenvalue weighted by molar-refractivity contribution is 9.09. The molecule has 0 bridgehead atoms. The first kappa shape index (κ1) is 13.6. The van der Waals surface area contributed by atoms with Crippen LogP contribution in [0.5, 0.6) is 0 Å². The van der Waals surface area contributed by atoms with Gasteiger partial charge in [-0.05, 0) is 36.8 Å². The molecule has 1 aromatic carbocycles. The van der Waals surface area contributed by atoms with Crippen LogP contribution in [0.1, 0.15) is 35.7 Å². The molecule has 0 N–H and O–H groups in total. The van der Waals surface area contributed by atoms with Gasteiger partial charge in [-0.25, -0.2) is 0 Å². The summed E-state index contributed by atoms with van der Waals surface area (Å²) in [5.41, 5.74) is 2.04. The lowest BCUT2D eigenvalue weighted by Gasteiger charge is -2.32. The zero-order valence-electron chi connectivity index (χ0n) is 10.9. The Labute approximate surface area is 117 Å². The smallest absolute Gasteiger partial charge is 0.254 e. The predicted molar refractivity (Wildman–Crippen MR) is 78.2 cm³/mol. The molecule has 1 heterocycles. The molecule has 98 valence electrons. The van der Waals surface area contributed by atoms with Gasteiger partial charge in [0.05, 0.1) is 0 Å². The fraction of sp³-hybridized carbons (Fsp3) is 0.533. The molecular formula is C15H20BrNO.